The molecular weight excluding hydrogens is 496 g/mol. The Morgan fingerprint density at radius 2 is 1.72 bits per heavy atom. The van der Waals surface area contributed by atoms with Crippen LogP contribution in [0, 0.1) is 5.92 Å². The molecule has 0 unspecified atom stereocenters. The Morgan fingerprint density at radius 3 is 2.41 bits per heavy atom. The van der Waals surface area contributed by atoms with Gasteiger partial charge < -0.3 is 30.1 Å². The third kappa shape index (κ3) is 5.85. The zero-order chi connectivity index (χ0) is 26.6. The van der Waals surface area contributed by atoms with E-state index in [0.29, 0.717) is 51.1 Å². The first-order valence-corrected chi connectivity index (χ1v) is 14.2. The Hall–Kier alpha value is -3.67. The summed E-state index contributed by atoms with van der Waals surface area (Å²) in [5, 5.41) is 11.9. The number of nitrogens with one attached hydrogen (secondary N) is 2. The van der Waals surface area contributed by atoms with Crippen molar-refractivity contribution in [3.63, 3.8) is 0 Å². The molecule has 208 valence electrons. The fraction of sp³-hybridized carbons (Fsp3) is 0.593. The molecule has 2 N–H and O–H groups in total. The second-order valence-electron chi connectivity index (χ2n) is 10.7. The standard InChI is InChI=1S/C27H38N10O2/c1-39-14-7-28-27(38)36-12-10-35(11-13-36)25-16-24(34-8-2-3-9-34)32-26(33-25)31-23-15-22-21(17-29-23)18-30-37(22)19-20-5-4-6-20/h15-18,20H,2-14,19H2,1H3,(H,28,38)(H,29,31,32,33). The predicted octanol–water partition coefficient (Wildman–Crippen LogP) is 2.84. The monoisotopic (exact) mass is 534 g/mol. The number of piperazine rings is 1. The molecule has 2 saturated heterocycles. The Morgan fingerprint density at radius 1 is 0.974 bits per heavy atom. The van der Waals surface area contributed by atoms with Crippen LogP contribution in [0.25, 0.3) is 10.9 Å². The summed E-state index contributed by atoms with van der Waals surface area (Å²) in [4.78, 5) is 33.3. The van der Waals surface area contributed by atoms with E-state index >= 15 is 0 Å². The number of pyridine rings is 1. The van der Waals surface area contributed by atoms with Gasteiger partial charge in [-0.1, -0.05) is 6.42 Å². The van der Waals surface area contributed by atoms with Crippen LogP contribution in [0.1, 0.15) is 32.1 Å². The van der Waals surface area contributed by atoms with Crippen molar-refractivity contribution in [3.8, 4) is 0 Å². The van der Waals surface area contributed by atoms with Gasteiger partial charge in [-0.25, -0.2) is 9.78 Å². The van der Waals surface area contributed by atoms with Crippen molar-refractivity contribution in [2.24, 2.45) is 5.92 Å². The van der Waals surface area contributed by atoms with Crippen LogP contribution < -0.4 is 20.4 Å². The van der Waals surface area contributed by atoms with Crippen molar-refractivity contribution in [2.75, 3.05) is 74.6 Å². The van der Waals surface area contributed by atoms with Crippen LogP contribution in [0.3, 0.4) is 0 Å². The van der Waals surface area contributed by atoms with Crippen LogP contribution in [0.15, 0.2) is 24.5 Å². The van der Waals surface area contributed by atoms with E-state index in [2.05, 4.69) is 41.3 Å². The number of carbonyl (C=O) groups excluding carboxylic acids is 1. The van der Waals surface area contributed by atoms with Crippen LogP contribution in [0.5, 0.6) is 0 Å². The number of urea groups is 1. The third-order valence-corrected chi connectivity index (χ3v) is 8.02. The van der Waals surface area contributed by atoms with Crippen molar-refractivity contribution in [1.29, 1.82) is 0 Å². The summed E-state index contributed by atoms with van der Waals surface area (Å²) in [6, 6.07) is 4.08. The van der Waals surface area contributed by atoms with Gasteiger partial charge in [0.05, 0.1) is 18.3 Å². The molecule has 0 radical (unpaired) electrons. The topological polar surface area (TPSA) is 117 Å². The van der Waals surface area contributed by atoms with E-state index < -0.39 is 0 Å². The van der Waals surface area contributed by atoms with Gasteiger partial charge in [-0.2, -0.15) is 15.1 Å². The molecule has 0 atom stereocenters. The molecular formula is C27H38N10O2. The SMILES string of the molecule is COCCNC(=O)N1CCN(c2cc(N3CCCC3)nc(Nc3cc4c(cn3)cnn4CC3CCC3)n2)CC1. The van der Waals surface area contributed by atoms with Crippen molar-refractivity contribution in [3.05, 3.63) is 24.5 Å². The fourth-order valence-corrected chi connectivity index (χ4v) is 5.48. The summed E-state index contributed by atoms with van der Waals surface area (Å²) in [6.07, 6.45) is 9.98. The lowest BCUT2D eigenvalue weighted by atomic mass is 9.85. The molecule has 12 nitrogen and oxygen atoms in total. The second-order valence-corrected chi connectivity index (χ2v) is 10.7. The lowest BCUT2D eigenvalue weighted by molar-refractivity contribution is 0.177. The van der Waals surface area contributed by atoms with Crippen LogP contribution in [-0.4, -0.2) is 95.2 Å². The second kappa shape index (κ2) is 11.6. The molecule has 0 bridgehead atoms. The first-order chi connectivity index (χ1) is 19.2. The maximum Gasteiger partial charge on any atom is 0.317 e. The Balaban J connectivity index is 1.19. The summed E-state index contributed by atoms with van der Waals surface area (Å²) in [5.74, 6) is 3.75. The number of anilines is 4. The normalized spacial score (nSPS) is 18.0. The molecule has 3 fully saturated rings. The maximum atomic E-state index is 12.5. The number of nitrogens with zero attached hydrogens (tertiary/aromatic N) is 8. The molecule has 3 aliphatic rings. The van der Waals surface area contributed by atoms with E-state index in [1.165, 1.54) is 32.1 Å². The molecule has 1 saturated carbocycles. The lowest BCUT2D eigenvalue weighted by Crippen LogP contribution is -2.52. The van der Waals surface area contributed by atoms with Crippen molar-refractivity contribution in [2.45, 2.75) is 38.6 Å². The molecule has 12 heteroatoms. The zero-order valence-electron chi connectivity index (χ0n) is 22.7. The van der Waals surface area contributed by atoms with Crippen LogP contribution in [0.4, 0.5) is 28.2 Å². The highest BCUT2D eigenvalue weighted by Crippen LogP contribution is 2.30. The molecule has 3 aromatic heterocycles. The largest absolute Gasteiger partial charge is 0.383 e. The maximum absolute atomic E-state index is 12.5. The van der Waals surface area contributed by atoms with Crippen LogP contribution in [-0.2, 0) is 11.3 Å². The van der Waals surface area contributed by atoms with E-state index in [4.69, 9.17) is 14.7 Å². The summed E-state index contributed by atoms with van der Waals surface area (Å²) in [5.41, 5.74) is 1.08. The van der Waals surface area contributed by atoms with Gasteiger partial charge in [0.2, 0.25) is 5.95 Å². The van der Waals surface area contributed by atoms with Crippen molar-refractivity contribution in [1.82, 2.24) is 34.9 Å². The number of methoxy groups -OCH3 is 1. The van der Waals surface area contributed by atoms with Gasteiger partial charge in [0.25, 0.3) is 0 Å². The van der Waals surface area contributed by atoms with Gasteiger partial charge in [0, 0.05) is 83.2 Å². The number of hydrogen-bond acceptors (Lipinski definition) is 9. The summed E-state index contributed by atoms with van der Waals surface area (Å²) in [6.45, 7) is 6.64. The molecule has 39 heavy (non-hydrogen) atoms. The number of amides is 2. The molecule has 5 heterocycles. The number of rotatable bonds is 9. The van der Waals surface area contributed by atoms with Gasteiger partial charge in [-0.15, -0.1) is 0 Å². The van der Waals surface area contributed by atoms with Crippen LogP contribution in [0.2, 0.25) is 0 Å². The minimum atomic E-state index is -0.0486. The number of carbonyl (C=O) groups is 1. The molecule has 1 aliphatic carbocycles. The Bertz CT molecular complexity index is 1280. The van der Waals surface area contributed by atoms with Gasteiger partial charge in [0.15, 0.2) is 0 Å². The van der Waals surface area contributed by atoms with Crippen molar-refractivity contribution >= 4 is 40.3 Å². The molecule has 6 rings (SSSR count). The van der Waals surface area contributed by atoms with E-state index in [1.54, 1.807) is 7.11 Å². The Kier molecular flexibility index (Phi) is 7.62. The van der Waals surface area contributed by atoms with E-state index in [-0.39, 0.29) is 6.03 Å². The number of aromatic nitrogens is 5. The molecule has 2 amide bonds. The molecule has 0 aromatic carbocycles. The number of fused-ring (bicyclic) bond motifs is 1. The van der Waals surface area contributed by atoms with Crippen molar-refractivity contribution < 1.29 is 9.53 Å². The highest BCUT2D eigenvalue weighted by Gasteiger charge is 2.24. The van der Waals surface area contributed by atoms with E-state index in [0.717, 1.165) is 48.1 Å². The summed E-state index contributed by atoms with van der Waals surface area (Å²) >= 11 is 0. The average molecular weight is 535 g/mol. The first kappa shape index (κ1) is 25.6. The average Bonchev–Trinajstić information content (AvgIpc) is 3.61. The van der Waals surface area contributed by atoms with Gasteiger partial charge >= 0.3 is 6.03 Å². The van der Waals surface area contributed by atoms with Gasteiger partial charge in [-0.05, 0) is 31.6 Å². The minimum absolute atomic E-state index is 0.0486. The highest BCUT2D eigenvalue weighted by atomic mass is 16.5. The van der Waals surface area contributed by atoms with E-state index in [1.807, 2.05) is 23.4 Å². The van der Waals surface area contributed by atoms with E-state index in [9.17, 15) is 4.79 Å². The smallest absolute Gasteiger partial charge is 0.317 e. The predicted molar refractivity (Wildman–Crippen MR) is 151 cm³/mol. The molecule has 2 aliphatic heterocycles. The summed E-state index contributed by atoms with van der Waals surface area (Å²) < 4.78 is 7.13. The third-order valence-electron chi connectivity index (χ3n) is 8.02. The van der Waals surface area contributed by atoms with Gasteiger partial charge in [-0.3, -0.25) is 4.68 Å². The zero-order valence-corrected chi connectivity index (χ0v) is 22.7. The van der Waals surface area contributed by atoms with Gasteiger partial charge in [0.1, 0.15) is 17.5 Å². The van der Waals surface area contributed by atoms with Crippen LogP contribution >= 0.6 is 0 Å². The Labute approximate surface area is 228 Å². The molecule has 3 aromatic rings. The number of hydrogen-bond donors (Lipinski definition) is 2. The molecule has 0 spiro atoms. The summed E-state index contributed by atoms with van der Waals surface area (Å²) in [7, 11) is 1.63. The first-order valence-electron chi connectivity index (χ1n) is 14.2. The quantitative estimate of drug-likeness (QED) is 0.400. The lowest BCUT2D eigenvalue weighted by Gasteiger charge is -2.35. The fourth-order valence-electron chi connectivity index (χ4n) is 5.48. The highest BCUT2D eigenvalue weighted by molar-refractivity contribution is 5.81. The minimum Gasteiger partial charge on any atom is -0.383 e. The number of ether oxygens (including phenoxy) is 1.